The summed E-state index contributed by atoms with van der Waals surface area (Å²) in [6, 6.07) is 1.69. The Balaban J connectivity index is 2.47. The van der Waals surface area contributed by atoms with E-state index in [0.717, 1.165) is 0 Å². The summed E-state index contributed by atoms with van der Waals surface area (Å²) >= 11 is 1.30. The van der Waals surface area contributed by atoms with E-state index in [1.54, 1.807) is 11.4 Å². The third kappa shape index (κ3) is 3.21. The third-order valence-electron chi connectivity index (χ3n) is 2.14. The second-order valence-corrected chi connectivity index (χ2v) is 4.64. The number of thiophene rings is 1. The zero-order chi connectivity index (χ0) is 11.4. The van der Waals surface area contributed by atoms with Gasteiger partial charge in [0.1, 0.15) is 4.88 Å². The Kier molecular flexibility index (Phi) is 4.11. The van der Waals surface area contributed by atoms with E-state index in [2.05, 4.69) is 5.32 Å². The number of carbonyl (C=O) groups is 1. The predicted molar refractivity (Wildman–Crippen MR) is 61.9 cm³/mol. The van der Waals surface area contributed by atoms with Crippen molar-refractivity contribution in [2.45, 2.75) is 20.0 Å². The lowest BCUT2D eigenvalue weighted by Crippen LogP contribution is -2.34. The number of carbonyl (C=O) groups excluding carboxylic acids is 1. The predicted octanol–water partition coefficient (Wildman–Crippen LogP) is 1.08. The van der Waals surface area contributed by atoms with Gasteiger partial charge in [0.05, 0.1) is 11.8 Å². The smallest absolute Gasteiger partial charge is 0.263 e. The van der Waals surface area contributed by atoms with Crippen LogP contribution < -0.4 is 11.1 Å². The Morgan fingerprint density at radius 2 is 2.33 bits per heavy atom. The van der Waals surface area contributed by atoms with Crippen LogP contribution in [0.4, 0.5) is 5.69 Å². The first-order valence-electron chi connectivity index (χ1n) is 4.81. The number of nitrogen functional groups attached to an aromatic ring is 1. The molecule has 5 heteroatoms. The van der Waals surface area contributed by atoms with Crippen LogP contribution in [-0.2, 0) is 0 Å². The minimum atomic E-state index is -0.518. The first kappa shape index (κ1) is 12.0. The van der Waals surface area contributed by atoms with Crippen molar-refractivity contribution in [3.05, 3.63) is 16.3 Å². The van der Waals surface area contributed by atoms with E-state index < -0.39 is 6.10 Å². The molecule has 4 nitrogen and oxygen atoms in total. The Morgan fingerprint density at radius 3 is 2.80 bits per heavy atom. The summed E-state index contributed by atoms with van der Waals surface area (Å²) in [4.78, 5) is 12.1. The van der Waals surface area contributed by atoms with Gasteiger partial charge in [0.25, 0.3) is 5.91 Å². The van der Waals surface area contributed by atoms with E-state index in [4.69, 9.17) is 5.73 Å². The molecule has 0 aliphatic carbocycles. The number of aliphatic hydroxyl groups excluding tert-OH is 1. The van der Waals surface area contributed by atoms with Gasteiger partial charge in [-0.05, 0) is 17.4 Å². The Bertz CT molecular complexity index is 336. The van der Waals surface area contributed by atoms with Crippen molar-refractivity contribution in [3.8, 4) is 0 Å². The zero-order valence-corrected chi connectivity index (χ0v) is 9.67. The van der Waals surface area contributed by atoms with Crippen LogP contribution in [0.25, 0.3) is 0 Å². The standard InChI is InChI=1S/C10H16N2O2S/c1-6(2)8(13)5-12-10(14)9-7(11)3-4-15-9/h3-4,6,8,13H,5,11H2,1-2H3,(H,12,14). The summed E-state index contributed by atoms with van der Waals surface area (Å²) in [6.07, 6.45) is -0.518. The van der Waals surface area contributed by atoms with Crippen molar-refractivity contribution < 1.29 is 9.90 Å². The van der Waals surface area contributed by atoms with Crippen LogP contribution >= 0.6 is 11.3 Å². The molecule has 0 aliphatic rings. The highest BCUT2D eigenvalue weighted by Gasteiger charge is 2.14. The molecule has 1 aromatic rings. The summed E-state index contributed by atoms with van der Waals surface area (Å²) in [7, 11) is 0. The molecular weight excluding hydrogens is 212 g/mol. The minimum absolute atomic E-state index is 0.131. The quantitative estimate of drug-likeness (QED) is 0.721. The van der Waals surface area contributed by atoms with Gasteiger partial charge in [-0.25, -0.2) is 0 Å². The normalized spacial score (nSPS) is 12.8. The number of hydrogen-bond acceptors (Lipinski definition) is 4. The second kappa shape index (κ2) is 5.14. The number of amides is 1. The topological polar surface area (TPSA) is 75.3 Å². The first-order valence-corrected chi connectivity index (χ1v) is 5.69. The van der Waals surface area contributed by atoms with Crippen molar-refractivity contribution in [1.82, 2.24) is 5.32 Å². The summed E-state index contributed by atoms with van der Waals surface area (Å²) in [6.45, 7) is 4.06. The first-order chi connectivity index (χ1) is 7.02. The minimum Gasteiger partial charge on any atom is -0.397 e. The molecule has 0 radical (unpaired) electrons. The fourth-order valence-corrected chi connectivity index (χ4v) is 1.75. The molecule has 0 bridgehead atoms. The van der Waals surface area contributed by atoms with Crippen LogP contribution in [0.1, 0.15) is 23.5 Å². The van der Waals surface area contributed by atoms with Gasteiger partial charge in [0, 0.05) is 6.54 Å². The van der Waals surface area contributed by atoms with E-state index in [9.17, 15) is 9.90 Å². The van der Waals surface area contributed by atoms with Gasteiger partial charge < -0.3 is 16.2 Å². The number of rotatable bonds is 4. The van der Waals surface area contributed by atoms with E-state index >= 15 is 0 Å². The number of anilines is 1. The van der Waals surface area contributed by atoms with Crippen LogP contribution in [0.3, 0.4) is 0 Å². The average Bonchev–Trinajstić information content (AvgIpc) is 2.60. The lowest BCUT2D eigenvalue weighted by atomic mass is 10.1. The molecule has 15 heavy (non-hydrogen) atoms. The summed E-state index contributed by atoms with van der Waals surface area (Å²) in [5.74, 6) is -0.0896. The molecule has 0 aromatic carbocycles. The molecule has 1 unspecified atom stereocenters. The fraction of sp³-hybridized carbons (Fsp3) is 0.500. The van der Waals surface area contributed by atoms with Gasteiger partial charge in [0.2, 0.25) is 0 Å². The van der Waals surface area contributed by atoms with E-state index in [1.807, 2.05) is 13.8 Å². The zero-order valence-electron chi connectivity index (χ0n) is 8.86. The lowest BCUT2D eigenvalue weighted by molar-refractivity contribution is 0.0876. The molecule has 1 aromatic heterocycles. The van der Waals surface area contributed by atoms with E-state index in [1.165, 1.54) is 11.3 Å². The monoisotopic (exact) mass is 228 g/mol. The molecular formula is C10H16N2O2S. The highest BCUT2D eigenvalue weighted by Crippen LogP contribution is 2.18. The summed E-state index contributed by atoms with van der Waals surface area (Å²) in [5.41, 5.74) is 6.08. The molecule has 1 rings (SSSR count). The van der Waals surface area contributed by atoms with Crippen LogP contribution in [0.5, 0.6) is 0 Å². The van der Waals surface area contributed by atoms with Gasteiger partial charge >= 0.3 is 0 Å². The van der Waals surface area contributed by atoms with Crippen molar-refractivity contribution in [2.75, 3.05) is 12.3 Å². The molecule has 0 fully saturated rings. The molecule has 0 saturated carbocycles. The number of nitrogens with one attached hydrogen (secondary N) is 1. The largest absolute Gasteiger partial charge is 0.397 e. The fourth-order valence-electron chi connectivity index (χ4n) is 1.02. The van der Waals surface area contributed by atoms with Gasteiger partial charge in [-0.3, -0.25) is 4.79 Å². The van der Waals surface area contributed by atoms with Crippen molar-refractivity contribution in [1.29, 1.82) is 0 Å². The summed E-state index contributed by atoms with van der Waals surface area (Å²) < 4.78 is 0. The van der Waals surface area contributed by atoms with Gasteiger partial charge in [-0.1, -0.05) is 13.8 Å². The second-order valence-electron chi connectivity index (χ2n) is 3.73. The average molecular weight is 228 g/mol. The molecule has 1 atom stereocenters. The molecule has 4 N–H and O–H groups in total. The number of hydrogen-bond donors (Lipinski definition) is 3. The lowest BCUT2D eigenvalue weighted by Gasteiger charge is -2.14. The maximum Gasteiger partial charge on any atom is 0.263 e. The maximum atomic E-state index is 11.6. The highest BCUT2D eigenvalue weighted by atomic mass is 32.1. The highest BCUT2D eigenvalue weighted by molar-refractivity contribution is 7.12. The van der Waals surface area contributed by atoms with Crippen molar-refractivity contribution >= 4 is 22.9 Å². The Hall–Kier alpha value is -1.07. The molecule has 0 saturated heterocycles. The van der Waals surface area contributed by atoms with Crippen LogP contribution in [-0.4, -0.2) is 23.7 Å². The third-order valence-corrected chi connectivity index (χ3v) is 3.07. The van der Waals surface area contributed by atoms with Crippen LogP contribution in [0.2, 0.25) is 0 Å². The van der Waals surface area contributed by atoms with Crippen molar-refractivity contribution in [3.63, 3.8) is 0 Å². The molecule has 1 amide bonds. The molecule has 0 aliphatic heterocycles. The molecule has 0 spiro atoms. The SMILES string of the molecule is CC(C)C(O)CNC(=O)c1sccc1N. The number of aliphatic hydroxyl groups is 1. The van der Waals surface area contributed by atoms with Gasteiger partial charge in [-0.15, -0.1) is 11.3 Å². The summed E-state index contributed by atoms with van der Waals surface area (Å²) in [5, 5.41) is 13.9. The molecule has 1 heterocycles. The molecule has 84 valence electrons. The van der Waals surface area contributed by atoms with Crippen molar-refractivity contribution in [2.24, 2.45) is 5.92 Å². The van der Waals surface area contributed by atoms with E-state index in [0.29, 0.717) is 10.6 Å². The van der Waals surface area contributed by atoms with Crippen LogP contribution in [0, 0.1) is 5.92 Å². The van der Waals surface area contributed by atoms with Crippen LogP contribution in [0.15, 0.2) is 11.4 Å². The maximum absolute atomic E-state index is 11.6. The Morgan fingerprint density at radius 1 is 1.67 bits per heavy atom. The Labute approximate surface area is 93.1 Å². The number of nitrogens with two attached hydrogens (primary N) is 1. The van der Waals surface area contributed by atoms with Gasteiger partial charge in [-0.2, -0.15) is 0 Å². The van der Waals surface area contributed by atoms with E-state index in [-0.39, 0.29) is 18.4 Å². The van der Waals surface area contributed by atoms with Gasteiger partial charge in [0.15, 0.2) is 0 Å².